The number of thiophene rings is 1. The third kappa shape index (κ3) is 3.42. The van der Waals surface area contributed by atoms with Crippen LogP contribution in [0.2, 0.25) is 0 Å². The molecule has 10 heteroatoms. The third-order valence-electron chi connectivity index (χ3n) is 1.70. The lowest BCUT2D eigenvalue weighted by Crippen LogP contribution is -2.45. The van der Waals surface area contributed by atoms with E-state index in [0.717, 1.165) is 16.7 Å². The van der Waals surface area contributed by atoms with Gasteiger partial charge in [-0.3, -0.25) is 5.43 Å². The van der Waals surface area contributed by atoms with Crippen molar-refractivity contribution in [3.05, 3.63) is 16.3 Å². The van der Waals surface area contributed by atoms with Gasteiger partial charge < -0.3 is 5.11 Å². The summed E-state index contributed by atoms with van der Waals surface area (Å²) in [4.78, 5) is 21.6. The van der Waals surface area contributed by atoms with Gasteiger partial charge >= 0.3 is 12.0 Å². The zero-order chi connectivity index (χ0) is 13.9. The van der Waals surface area contributed by atoms with Crippen LogP contribution in [-0.4, -0.2) is 44.6 Å². The molecule has 0 saturated carbocycles. The molecule has 0 spiro atoms. The first-order valence-electron chi connectivity index (χ1n) is 4.54. The highest BCUT2D eigenvalue weighted by atomic mass is 32.2. The lowest BCUT2D eigenvalue weighted by molar-refractivity contribution is 0.0693. The number of carbonyl (C=O) groups excluding carboxylic acids is 1. The molecule has 1 aromatic rings. The van der Waals surface area contributed by atoms with E-state index in [0.29, 0.717) is 0 Å². The molecule has 0 fully saturated rings. The number of sulfonamides is 1. The molecule has 3 N–H and O–H groups in total. The minimum Gasteiger partial charge on any atom is -0.478 e. The van der Waals surface area contributed by atoms with E-state index in [4.69, 9.17) is 5.11 Å². The van der Waals surface area contributed by atoms with E-state index in [1.54, 1.807) is 4.72 Å². The summed E-state index contributed by atoms with van der Waals surface area (Å²) in [6.07, 6.45) is 0. The average Bonchev–Trinajstić information content (AvgIpc) is 2.63. The van der Waals surface area contributed by atoms with Gasteiger partial charge in [-0.1, -0.05) is 0 Å². The number of hydrogen-bond acceptors (Lipinski definition) is 6. The Morgan fingerprint density at radius 1 is 1.33 bits per heavy atom. The van der Waals surface area contributed by atoms with Crippen molar-refractivity contribution in [1.29, 1.82) is 0 Å². The Morgan fingerprint density at radius 3 is 2.44 bits per heavy atom. The number of amides is 2. The van der Waals surface area contributed by atoms with Crippen LogP contribution < -0.4 is 10.1 Å². The Morgan fingerprint density at radius 2 is 1.94 bits per heavy atom. The van der Waals surface area contributed by atoms with Gasteiger partial charge in [0, 0.05) is 24.9 Å². The number of hydrazine groups is 1. The van der Waals surface area contributed by atoms with Crippen molar-refractivity contribution < 1.29 is 23.1 Å². The highest BCUT2D eigenvalue weighted by Gasteiger charge is 2.25. The predicted octanol–water partition coefficient (Wildman–Crippen LogP) is -0.0892. The summed E-state index contributed by atoms with van der Waals surface area (Å²) in [5, 5.41) is 12.4. The number of hydrogen-bond donors (Lipinski definition) is 3. The summed E-state index contributed by atoms with van der Waals surface area (Å²) in [6, 6.07) is -0.970. The van der Waals surface area contributed by atoms with Gasteiger partial charge in [-0.15, -0.1) is 0 Å². The van der Waals surface area contributed by atoms with Crippen molar-refractivity contribution in [1.82, 2.24) is 15.2 Å². The Hall–Kier alpha value is -1.65. The van der Waals surface area contributed by atoms with E-state index in [1.807, 2.05) is 0 Å². The number of nitrogens with zero attached hydrogens (tertiary/aromatic N) is 1. The summed E-state index contributed by atoms with van der Waals surface area (Å²) in [5.74, 6) is -1.37. The monoisotopic (exact) mass is 293 g/mol. The molecule has 0 saturated heterocycles. The molecule has 0 aromatic carbocycles. The number of carboxylic acid groups (broad SMARTS) is 1. The molecule has 0 aliphatic heterocycles. The van der Waals surface area contributed by atoms with Gasteiger partial charge in [0.05, 0.1) is 5.56 Å². The number of aromatic carboxylic acids is 1. The second kappa shape index (κ2) is 5.33. The minimum absolute atomic E-state index is 0.370. The maximum atomic E-state index is 11.8. The second-order valence-corrected chi connectivity index (χ2v) is 5.79. The second-order valence-electron chi connectivity index (χ2n) is 3.40. The Labute approximate surface area is 107 Å². The summed E-state index contributed by atoms with van der Waals surface area (Å²) < 4.78 is 25.2. The van der Waals surface area contributed by atoms with Gasteiger partial charge in [0.25, 0.3) is 10.0 Å². The first kappa shape index (κ1) is 14.4. The highest BCUT2D eigenvalue weighted by molar-refractivity contribution is 7.90. The summed E-state index contributed by atoms with van der Waals surface area (Å²) in [6.45, 7) is 0. The van der Waals surface area contributed by atoms with Gasteiger partial charge in [0.2, 0.25) is 0 Å². The number of carboxylic acids is 1. The van der Waals surface area contributed by atoms with Crippen LogP contribution in [0.4, 0.5) is 4.79 Å². The Kier molecular flexibility index (Phi) is 4.27. The van der Waals surface area contributed by atoms with Crippen molar-refractivity contribution in [2.75, 3.05) is 14.1 Å². The van der Waals surface area contributed by atoms with Crippen molar-refractivity contribution in [2.45, 2.75) is 4.90 Å². The molecule has 2 amide bonds. The van der Waals surface area contributed by atoms with E-state index in [1.165, 1.54) is 24.5 Å². The van der Waals surface area contributed by atoms with Crippen molar-refractivity contribution >= 4 is 33.4 Å². The van der Waals surface area contributed by atoms with Crippen molar-refractivity contribution in [3.63, 3.8) is 0 Å². The normalized spacial score (nSPS) is 11.3. The van der Waals surface area contributed by atoms with Crippen molar-refractivity contribution in [3.8, 4) is 0 Å². The molecular formula is C8H11N3O5S2. The number of rotatable bonds is 4. The van der Waals surface area contributed by atoms with Crippen LogP contribution in [-0.2, 0) is 10.0 Å². The van der Waals surface area contributed by atoms with Crippen LogP contribution in [0.25, 0.3) is 0 Å². The fourth-order valence-electron chi connectivity index (χ4n) is 1.05. The molecule has 100 valence electrons. The lowest BCUT2D eigenvalue weighted by Gasteiger charge is -2.12. The predicted molar refractivity (Wildman–Crippen MR) is 63.8 cm³/mol. The fourth-order valence-corrected chi connectivity index (χ4v) is 3.32. The standard InChI is InChI=1S/C8H11N3O5S2/c1-11(2)9-8(14)10-18(15,16)6-4-17-3-5(6)7(12)13/h3-4H,1-2H3,(H,12,13)(H2,9,10,14). The van der Waals surface area contributed by atoms with E-state index in [2.05, 4.69) is 5.43 Å². The molecule has 0 atom stereocenters. The molecule has 0 aliphatic carbocycles. The number of urea groups is 1. The maximum absolute atomic E-state index is 11.8. The molecule has 0 aliphatic rings. The van der Waals surface area contributed by atoms with E-state index in [-0.39, 0.29) is 5.56 Å². The van der Waals surface area contributed by atoms with Gasteiger partial charge in [-0.2, -0.15) is 11.3 Å². The van der Waals surface area contributed by atoms with Gasteiger partial charge in [-0.25, -0.2) is 27.7 Å². The zero-order valence-electron chi connectivity index (χ0n) is 9.50. The molecule has 0 radical (unpaired) electrons. The fraction of sp³-hybridized carbons (Fsp3) is 0.250. The molecule has 8 nitrogen and oxygen atoms in total. The van der Waals surface area contributed by atoms with Crippen molar-refractivity contribution in [2.24, 2.45) is 0 Å². The molecule has 0 unspecified atom stereocenters. The van der Waals surface area contributed by atoms with Crippen LogP contribution >= 0.6 is 11.3 Å². The number of nitrogens with one attached hydrogen (secondary N) is 2. The van der Waals surface area contributed by atoms with Crippen LogP contribution in [0.5, 0.6) is 0 Å². The smallest absolute Gasteiger partial charge is 0.343 e. The van der Waals surface area contributed by atoms with Crippen LogP contribution in [0.1, 0.15) is 10.4 Å². The third-order valence-corrected chi connectivity index (χ3v) is 3.96. The molecule has 1 rings (SSSR count). The molecule has 0 bridgehead atoms. The van der Waals surface area contributed by atoms with E-state index >= 15 is 0 Å². The molecular weight excluding hydrogens is 282 g/mol. The SMILES string of the molecule is CN(C)NC(=O)NS(=O)(=O)c1cscc1C(=O)O. The summed E-state index contributed by atoms with van der Waals surface area (Å²) >= 11 is 0.920. The Bertz CT molecular complexity index is 563. The average molecular weight is 293 g/mol. The van der Waals surface area contributed by atoms with Gasteiger partial charge in [0.15, 0.2) is 0 Å². The van der Waals surface area contributed by atoms with E-state index < -0.39 is 26.9 Å². The number of carbonyl (C=O) groups is 2. The van der Waals surface area contributed by atoms with Gasteiger partial charge in [0.1, 0.15) is 4.90 Å². The molecule has 1 aromatic heterocycles. The van der Waals surface area contributed by atoms with Crippen LogP contribution in [0.3, 0.4) is 0 Å². The summed E-state index contributed by atoms with van der Waals surface area (Å²) in [7, 11) is -1.20. The lowest BCUT2D eigenvalue weighted by atomic mass is 10.3. The van der Waals surface area contributed by atoms with Gasteiger partial charge in [-0.05, 0) is 0 Å². The topological polar surface area (TPSA) is 116 Å². The zero-order valence-corrected chi connectivity index (χ0v) is 11.1. The molecule has 18 heavy (non-hydrogen) atoms. The maximum Gasteiger partial charge on any atom is 0.343 e. The summed E-state index contributed by atoms with van der Waals surface area (Å²) in [5.41, 5.74) is 1.80. The highest BCUT2D eigenvalue weighted by Crippen LogP contribution is 2.20. The van der Waals surface area contributed by atoms with Crippen LogP contribution in [0, 0.1) is 0 Å². The minimum atomic E-state index is -4.20. The first-order valence-corrected chi connectivity index (χ1v) is 6.97. The Balaban J connectivity index is 2.97. The molecule has 1 heterocycles. The largest absolute Gasteiger partial charge is 0.478 e. The first-order chi connectivity index (χ1) is 8.24. The quantitative estimate of drug-likeness (QED) is 0.668. The van der Waals surface area contributed by atoms with E-state index in [9.17, 15) is 18.0 Å². The van der Waals surface area contributed by atoms with Crippen LogP contribution in [0.15, 0.2) is 15.7 Å².